The summed E-state index contributed by atoms with van der Waals surface area (Å²) in [6, 6.07) is 7.69. The lowest BCUT2D eigenvalue weighted by molar-refractivity contribution is 0.0189. The molecular weight excluding hydrogens is 224 g/mol. The van der Waals surface area contributed by atoms with Crippen molar-refractivity contribution in [2.24, 2.45) is 0 Å². The summed E-state index contributed by atoms with van der Waals surface area (Å²) in [5.41, 5.74) is 0.526. The molecule has 0 amide bonds. The van der Waals surface area contributed by atoms with Crippen LogP contribution in [0.1, 0.15) is 24.8 Å². The number of halogens is 1. The highest BCUT2D eigenvalue weighted by molar-refractivity contribution is 6.30. The molecule has 1 N–H and O–H groups in total. The monoisotopic (exact) mass is 240 g/mol. The molecule has 1 fully saturated rings. The molecule has 16 heavy (non-hydrogen) atoms. The minimum absolute atomic E-state index is 0.607. The minimum Gasteiger partial charge on any atom is -0.389 e. The Balaban J connectivity index is 2.04. The average molecular weight is 241 g/mol. The topological polar surface area (TPSA) is 29.5 Å². The van der Waals surface area contributed by atoms with Gasteiger partial charge >= 0.3 is 0 Å². The molecule has 1 aromatic rings. The van der Waals surface area contributed by atoms with Gasteiger partial charge in [-0.2, -0.15) is 0 Å². The predicted molar refractivity (Wildman–Crippen MR) is 64.8 cm³/mol. The van der Waals surface area contributed by atoms with Crippen molar-refractivity contribution in [3.05, 3.63) is 34.9 Å². The summed E-state index contributed by atoms with van der Waals surface area (Å²) in [7, 11) is 0. The Morgan fingerprint density at radius 2 is 1.94 bits per heavy atom. The zero-order valence-electron chi connectivity index (χ0n) is 9.29. The Hall–Kier alpha value is -0.570. The van der Waals surface area contributed by atoms with E-state index in [9.17, 15) is 5.11 Å². The van der Waals surface area contributed by atoms with Crippen molar-refractivity contribution in [2.75, 3.05) is 13.2 Å². The van der Waals surface area contributed by atoms with E-state index in [2.05, 4.69) is 0 Å². The third-order valence-corrected chi connectivity index (χ3v) is 3.34. The van der Waals surface area contributed by atoms with Gasteiger partial charge in [-0.25, -0.2) is 0 Å². The van der Waals surface area contributed by atoms with Gasteiger partial charge in [-0.3, -0.25) is 0 Å². The SMILES string of the molecule is OC1(Cc2ccc(Cl)cc2)CCCOCC1. The molecule has 1 atom stereocenters. The Labute approximate surface area is 101 Å². The van der Waals surface area contributed by atoms with E-state index < -0.39 is 5.60 Å². The highest BCUT2D eigenvalue weighted by Gasteiger charge is 2.28. The van der Waals surface area contributed by atoms with Gasteiger partial charge < -0.3 is 9.84 Å². The van der Waals surface area contributed by atoms with Gasteiger partial charge in [-0.15, -0.1) is 0 Å². The zero-order chi connectivity index (χ0) is 11.4. The van der Waals surface area contributed by atoms with Crippen LogP contribution in [0.25, 0.3) is 0 Å². The highest BCUT2D eigenvalue weighted by atomic mass is 35.5. The molecule has 1 aromatic carbocycles. The molecule has 1 aliphatic rings. The van der Waals surface area contributed by atoms with E-state index >= 15 is 0 Å². The molecule has 0 radical (unpaired) electrons. The number of aliphatic hydroxyl groups is 1. The lowest BCUT2D eigenvalue weighted by Crippen LogP contribution is -2.31. The first-order valence-corrected chi connectivity index (χ1v) is 6.10. The number of benzene rings is 1. The van der Waals surface area contributed by atoms with Gasteiger partial charge in [0.25, 0.3) is 0 Å². The maximum absolute atomic E-state index is 10.5. The summed E-state index contributed by atoms with van der Waals surface area (Å²) in [6.45, 7) is 1.42. The Morgan fingerprint density at radius 3 is 2.69 bits per heavy atom. The Morgan fingerprint density at radius 1 is 1.19 bits per heavy atom. The standard InChI is InChI=1S/C13H17ClO2/c14-12-4-2-11(3-5-12)10-13(15)6-1-8-16-9-7-13/h2-5,15H,1,6-10H2. The smallest absolute Gasteiger partial charge is 0.0710 e. The van der Waals surface area contributed by atoms with Crippen LogP contribution < -0.4 is 0 Å². The van der Waals surface area contributed by atoms with Crippen LogP contribution in [-0.2, 0) is 11.2 Å². The Kier molecular flexibility index (Phi) is 3.85. The van der Waals surface area contributed by atoms with E-state index in [1.165, 1.54) is 0 Å². The number of hydrogen-bond acceptors (Lipinski definition) is 2. The van der Waals surface area contributed by atoms with E-state index in [0.717, 1.165) is 36.5 Å². The van der Waals surface area contributed by atoms with Gasteiger partial charge in [0.2, 0.25) is 0 Å². The molecule has 0 aliphatic carbocycles. The first-order chi connectivity index (χ1) is 7.68. The quantitative estimate of drug-likeness (QED) is 0.862. The molecule has 2 rings (SSSR count). The van der Waals surface area contributed by atoms with Crippen molar-refractivity contribution in [1.29, 1.82) is 0 Å². The van der Waals surface area contributed by atoms with E-state index in [1.807, 2.05) is 24.3 Å². The number of ether oxygens (including phenoxy) is 1. The maximum Gasteiger partial charge on any atom is 0.0710 e. The second-order valence-electron chi connectivity index (χ2n) is 4.49. The summed E-state index contributed by atoms with van der Waals surface area (Å²) in [5.74, 6) is 0. The first kappa shape index (κ1) is 11.9. The van der Waals surface area contributed by atoms with Crippen LogP contribution in [0.15, 0.2) is 24.3 Å². The third kappa shape index (κ3) is 3.21. The van der Waals surface area contributed by atoms with Gasteiger partial charge in [0.1, 0.15) is 0 Å². The maximum atomic E-state index is 10.5. The fourth-order valence-electron chi connectivity index (χ4n) is 2.15. The van der Waals surface area contributed by atoms with Gasteiger partial charge in [0.15, 0.2) is 0 Å². The van der Waals surface area contributed by atoms with Crippen LogP contribution in [-0.4, -0.2) is 23.9 Å². The molecule has 1 heterocycles. The molecule has 0 saturated carbocycles. The summed E-state index contributed by atoms with van der Waals surface area (Å²) >= 11 is 5.83. The van der Waals surface area contributed by atoms with Gasteiger partial charge in [-0.1, -0.05) is 23.7 Å². The number of hydrogen-bond donors (Lipinski definition) is 1. The zero-order valence-corrected chi connectivity index (χ0v) is 10.0. The van der Waals surface area contributed by atoms with Crippen molar-refractivity contribution < 1.29 is 9.84 Å². The van der Waals surface area contributed by atoms with E-state index in [-0.39, 0.29) is 0 Å². The molecule has 1 unspecified atom stereocenters. The summed E-state index contributed by atoms with van der Waals surface area (Å²) in [6.07, 6.45) is 3.16. The van der Waals surface area contributed by atoms with Crippen LogP contribution in [0, 0.1) is 0 Å². The van der Waals surface area contributed by atoms with Crippen molar-refractivity contribution in [1.82, 2.24) is 0 Å². The van der Waals surface area contributed by atoms with Crippen molar-refractivity contribution in [2.45, 2.75) is 31.3 Å². The normalized spacial score (nSPS) is 26.4. The first-order valence-electron chi connectivity index (χ1n) is 5.73. The lowest BCUT2D eigenvalue weighted by atomic mass is 9.88. The predicted octanol–water partition coefficient (Wildman–Crippen LogP) is 2.81. The second kappa shape index (κ2) is 5.17. The van der Waals surface area contributed by atoms with Crippen LogP contribution in [0.3, 0.4) is 0 Å². The molecule has 3 heteroatoms. The van der Waals surface area contributed by atoms with Crippen LogP contribution >= 0.6 is 11.6 Å². The fraction of sp³-hybridized carbons (Fsp3) is 0.538. The molecule has 1 saturated heterocycles. The largest absolute Gasteiger partial charge is 0.389 e. The molecule has 0 spiro atoms. The van der Waals surface area contributed by atoms with Gasteiger partial charge in [0.05, 0.1) is 5.60 Å². The summed E-state index contributed by atoms with van der Waals surface area (Å²) in [4.78, 5) is 0. The average Bonchev–Trinajstić information content (AvgIpc) is 2.47. The number of rotatable bonds is 2. The van der Waals surface area contributed by atoms with Crippen molar-refractivity contribution in [3.8, 4) is 0 Å². The van der Waals surface area contributed by atoms with Crippen molar-refractivity contribution in [3.63, 3.8) is 0 Å². The minimum atomic E-state index is -0.607. The van der Waals surface area contributed by atoms with Crippen LogP contribution in [0.2, 0.25) is 5.02 Å². The van der Waals surface area contributed by atoms with Gasteiger partial charge in [-0.05, 0) is 37.0 Å². The summed E-state index contributed by atoms with van der Waals surface area (Å²) in [5, 5.41) is 11.2. The Bertz CT molecular complexity index is 326. The van der Waals surface area contributed by atoms with E-state index in [1.54, 1.807) is 0 Å². The molecule has 2 nitrogen and oxygen atoms in total. The van der Waals surface area contributed by atoms with Crippen LogP contribution in [0.5, 0.6) is 0 Å². The van der Waals surface area contributed by atoms with Crippen LogP contribution in [0.4, 0.5) is 0 Å². The third-order valence-electron chi connectivity index (χ3n) is 3.09. The molecular formula is C13H17ClO2. The molecule has 88 valence electrons. The lowest BCUT2D eigenvalue weighted by Gasteiger charge is -2.26. The molecule has 1 aliphatic heterocycles. The summed E-state index contributed by atoms with van der Waals surface area (Å²) < 4.78 is 5.37. The molecule has 0 bridgehead atoms. The van der Waals surface area contributed by atoms with E-state index in [4.69, 9.17) is 16.3 Å². The van der Waals surface area contributed by atoms with Crippen molar-refractivity contribution >= 4 is 11.6 Å². The van der Waals surface area contributed by atoms with E-state index in [0.29, 0.717) is 13.0 Å². The highest BCUT2D eigenvalue weighted by Crippen LogP contribution is 2.26. The second-order valence-corrected chi connectivity index (χ2v) is 4.93. The molecule has 0 aromatic heterocycles. The van der Waals surface area contributed by atoms with Gasteiger partial charge in [0, 0.05) is 24.7 Å². The fourth-order valence-corrected chi connectivity index (χ4v) is 2.28.